The lowest BCUT2D eigenvalue weighted by Crippen LogP contribution is -1.84. The van der Waals surface area contributed by atoms with Crippen LogP contribution in [0.25, 0.3) is 0 Å². The molecule has 0 aliphatic carbocycles. The molecule has 10 aromatic rings. The highest BCUT2D eigenvalue weighted by atomic mass is 79.9. The van der Waals surface area contributed by atoms with E-state index in [9.17, 15) is 4.39 Å². The summed E-state index contributed by atoms with van der Waals surface area (Å²) in [5.74, 6) is 0.709. The molecule has 0 saturated heterocycles. The number of aryl methyl sites for hydroxylation is 20. The van der Waals surface area contributed by atoms with E-state index in [1.165, 1.54) is 54.3 Å². The van der Waals surface area contributed by atoms with Gasteiger partial charge in [-0.2, -0.15) is 0 Å². The molecule has 5 N–H and O–H groups in total. The Morgan fingerprint density at radius 2 is 0.775 bits per heavy atom. The fourth-order valence-electron chi connectivity index (χ4n) is 5.98. The van der Waals surface area contributed by atoms with Crippen LogP contribution in [0.5, 0.6) is 0 Å². The van der Waals surface area contributed by atoms with E-state index in [4.69, 9.17) is 11.6 Å². The lowest BCUT2D eigenvalue weighted by atomic mass is 10.3. The standard InChI is InChI=1S/C7H11NS.2C7H9N.C6H8BrN.C6H8ClN.C6H8FN.3C6H8N2.C6H9N/c1-5-4-8-6(2)7(5)9-3;2*1-6-3-4-7(2)8-5-6;3*1-4-3-8-5(2)6(4)7;2*1-5-3-8-6(2)4-7-5;1-5-3-7-6(2)8-4-5;1-5-3-6(2)7-4-5/h4,8H,1-3H3;2*3-5H,1-2H3;3*3,8H,1-2H3;3*3-4H,1-2H3;3-4,7H,1-2H3. The maximum absolute atomic E-state index is 12.5. The maximum atomic E-state index is 12.5. The van der Waals surface area contributed by atoms with E-state index in [-0.39, 0.29) is 5.82 Å². The van der Waals surface area contributed by atoms with Crippen molar-refractivity contribution in [1.82, 2.24) is 64.8 Å². The summed E-state index contributed by atoms with van der Waals surface area (Å²) < 4.78 is 13.7. The SMILES string of the molecule is CSc1c(C)c[nH]c1C.Cc1c[nH]c(C)c1.Cc1c[nH]c(C)c1Br.Cc1c[nH]c(C)c1Cl.Cc1c[nH]c(C)c1F.Cc1ccc(C)nc1.Cc1ccc(C)nc1.Cc1cnc(C)cn1.Cc1cnc(C)cn1.Cc1cnc(C)nc1. The highest BCUT2D eigenvalue weighted by Crippen LogP contribution is 2.22. The summed E-state index contributed by atoms with van der Waals surface area (Å²) in [6, 6.07) is 10.2. The Kier molecular flexibility index (Phi) is 34.2. The second-order valence-corrected chi connectivity index (χ2v) is 21.1. The van der Waals surface area contributed by atoms with Crippen LogP contribution < -0.4 is 0 Å². The largest absolute Gasteiger partial charge is 0.365 e. The molecule has 0 spiro atoms. The Bertz CT molecular complexity index is 2660. The zero-order chi connectivity index (χ0) is 60.5. The van der Waals surface area contributed by atoms with Gasteiger partial charge in [0, 0.05) is 135 Å². The molecule has 13 nitrogen and oxygen atoms in total. The van der Waals surface area contributed by atoms with Crippen LogP contribution in [0.2, 0.25) is 5.02 Å². The molecule has 0 aliphatic rings. The van der Waals surface area contributed by atoms with E-state index in [0.717, 1.165) is 61.8 Å². The van der Waals surface area contributed by atoms with Gasteiger partial charge >= 0.3 is 0 Å². The fraction of sp³-hybridized carbons (Fsp3) is 0.333. The van der Waals surface area contributed by atoms with Crippen molar-refractivity contribution in [2.24, 2.45) is 0 Å². The highest BCUT2D eigenvalue weighted by molar-refractivity contribution is 9.10. The number of aromatic nitrogens is 13. The quantitative estimate of drug-likeness (QED) is 0.0999. The van der Waals surface area contributed by atoms with Crippen LogP contribution in [0.15, 0.2) is 120 Å². The molecule has 0 unspecified atom stereocenters. The van der Waals surface area contributed by atoms with E-state index in [1.807, 2.05) is 159 Å². The number of hydrogen-bond acceptors (Lipinski definition) is 9. The second-order valence-electron chi connectivity index (χ2n) is 19.1. The minimum atomic E-state index is -0.120. The predicted molar refractivity (Wildman–Crippen MR) is 338 cm³/mol. The van der Waals surface area contributed by atoms with E-state index < -0.39 is 0 Å². The number of rotatable bonds is 1. The molecule has 0 bridgehead atoms. The van der Waals surface area contributed by atoms with Gasteiger partial charge in [-0.15, -0.1) is 11.8 Å². The summed E-state index contributed by atoms with van der Waals surface area (Å²) in [6.07, 6.45) is 26.1. The molecule has 10 heterocycles. The van der Waals surface area contributed by atoms with Crippen molar-refractivity contribution < 1.29 is 4.39 Å². The van der Waals surface area contributed by atoms with E-state index >= 15 is 0 Å². The molecule has 0 aliphatic heterocycles. The van der Waals surface area contributed by atoms with Crippen LogP contribution in [0, 0.1) is 144 Å². The molecule has 0 aromatic carbocycles. The van der Waals surface area contributed by atoms with Crippen LogP contribution in [0.4, 0.5) is 4.39 Å². The van der Waals surface area contributed by atoms with Crippen molar-refractivity contribution in [3.05, 3.63) is 239 Å². The van der Waals surface area contributed by atoms with Gasteiger partial charge < -0.3 is 24.9 Å². The summed E-state index contributed by atoms with van der Waals surface area (Å²) in [5, 5.41) is 0.852. The van der Waals surface area contributed by atoms with Gasteiger partial charge in [-0.25, -0.2) is 14.4 Å². The summed E-state index contributed by atoms with van der Waals surface area (Å²) >= 11 is 11.0. The van der Waals surface area contributed by atoms with Crippen LogP contribution in [-0.2, 0) is 0 Å². The van der Waals surface area contributed by atoms with Crippen molar-refractivity contribution in [3.8, 4) is 0 Å². The monoisotopic (exact) mass is 1190 g/mol. The first kappa shape index (κ1) is 71.0. The second kappa shape index (κ2) is 38.6. The number of thioether (sulfide) groups is 1. The van der Waals surface area contributed by atoms with E-state index in [1.54, 1.807) is 56.6 Å². The lowest BCUT2D eigenvalue weighted by molar-refractivity contribution is 0.612. The number of nitrogens with one attached hydrogen (secondary N) is 5. The molecule has 0 saturated carbocycles. The Balaban J connectivity index is 0.000000445. The molecule has 17 heteroatoms. The summed E-state index contributed by atoms with van der Waals surface area (Å²) in [4.78, 5) is 48.6. The zero-order valence-corrected chi connectivity index (χ0v) is 54.2. The van der Waals surface area contributed by atoms with Crippen molar-refractivity contribution in [1.29, 1.82) is 0 Å². The third kappa shape index (κ3) is 31.0. The molecule has 10 rings (SSSR count). The normalized spacial score (nSPS) is 9.55. The average Bonchev–Trinajstić information content (AvgIpc) is 4.23. The van der Waals surface area contributed by atoms with E-state index in [2.05, 4.69) is 133 Å². The van der Waals surface area contributed by atoms with Crippen LogP contribution in [-0.4, -0.2) is 71.0 Å². The highest BCUT2D eigenvalue weighted by Gasteiger charge is 2.01. The van der Waals surface area contributed by atoms with Crippen molar-refractivity contribution in [2.75, 3.05) is 6.26 Å². The molecule has 0 radical (unpaired) electrons. The van der Waals surface area contributed by atoms with Gasteiger partial charge in [0.1, 0.15) is 11.6 Å². The first-order valence-electron chi connectivity index (χ1n) is 25.9. The first-order chi connectivity index (χ1) is 37.6. The van der Waals surface area contributed by atoms with Crippen molar-refractivity contribution >= 4 is 39.3 Å². The van der Waals surface area contributed by atoms with Gasteiger partial charge in [0.15, 0.2) is 0 Å². The number of halogens is 3. The minimum absolute atomic E-state index is 0.120. The average molecular weight is 1190 g/mol. The number of hydrogen-bond donors (Lipinski definition) is 5. The third-order valence-corrected chi connectivity index (χ3v) is 13.6. The van der Waals surface area contributed by atoms with Gasteiger partial charge in [-0.3, -0.25) is 29.9 Å². The molecule has 430 valence electrons. The van der Waals surface area contributed by atoms with Gasteiger partial charge in [0.05, 0.1) is 27.8 Å². The Morgan fingerprint density at radius 3 is 0.950 bits per heavy atom. The van der Waals surface area contributed by atoms with Crippen LogP contribution in [0.1, 0.15) is 113 Å². The minimum Gasteiger partial charge on any atom is -0.365 e. The number of H-pyrrole nitrogens is 5. The molecule has 10 aromatic heterocycles. The van der Waals surface area contributed by atoms with Gasteiger partial charge in [-0.05, 0) is 218 Å². The molecular formula is C63H86BrClFN13S. The smallest absolute Gasteiger partial charge is 0.146 e. The number of nitrogens with zero attached hydrogens (tertiary/aromatic N) is 8. The molecule has 0 fully saturated rings. The maximum Gasteiger partial charge on any atom is 0.146 e. The Hall–Kier alpha value is -7.01. The lowest BCUT2D eigenvalue weighted by Gasteiger charge is -1.93. The zero-order valence-electron chi connectivity index (χ0n) is 51.0. The molecule has 0 atom stereocenters. The van der Waals surface area contributed by atoms with Gasteiger partial charge in [0.25, 0.3) is 0 Å². The summed E-state index contributed by atoms with van der Waals surface area (Å²) in [5.41, 5.74) is 20.7. The van der Waals surface area contributed by atoms with E-state index in [0.29, 0.717) is 11.3 Å². The van der Waals surface area contributed by atoms with Gasteiger partial charge in [0.2, 0.25) is 0 Å². The number of pyridine rings is 2. The van der Waals surface area contributed by atoms with Crippen LogP contribution >= 0.6 is 39.3 Å². The predicted octanol–water partition coefficient (Wildman–Crippen LogP) is 17.1. The van der Waals surface area contributed by atoms with Gasteiger partial charge in [-0.1, -0.05) is 23.7 Å². The molecular weight excluding hydrogens is 1110 g/mol. The summed E-state index contributed by atoms with van der Waals surface area (Å²) in [6.45, 7) is 39.4. The molecule has 0 amide bonds. The summed E-state index contributed by atoms with van der Waals surface area (Å²) in [7, 11) is 0. The number of aromatic amines is 5. The fourth-order valence-corrected chi connectivity index (χ4v) is 7.07. The third-order valence-electron chi connectivity index (χ3n) is 10.8. The van der Waals surface area contributed by atoms with Crippen molar-refractivity contribution in [3.63, 3.8) is 0 Å². The Labute approximate surface area is 494 Å². The van der Waals surface area contributed by atoms with Crippen molar-refractivity contribution in [2.45, 2.75) is 143 Å². The van der Waals surface area contributed by atoms with Crippen LogP contribution in [0.3, 0.4) is 0 Å². The topological polar surface area (TPSA) is 182 Å². The first-order valence-corrected chi connectivity index (χ1v) is 28.3. The molecule has 80 heavy (non-hydrogen) atoms. The Morgan fingerprint density at radius 1 is 0.388 bits per heavy atom.